The number of nitrogens with zero attached hydrogens (tertiary/aromatic N) is 2. The number of aromatic nitrogens is 2. The molecule has 4 nitrogen and oxygen atoms in total. The lowest BCUT2D eigenvalue weighted by Gasteiger charge is -2.23. The van der Waals surface area contributed by atoms with Crippen LogP contribution in [0.3, 0.4) is 0 Å². The number of methoxy groups -OCH3 is 1. The predicted octanol–water partition coefficient (Wildman–Crippen LogP) is 3.15. The number of carbonyl (C=O) groups excluding carboxylic acids is 1. The van der Waals surface area contributed by atoms with E-state index in [0.29, 0.717) is 16.1 Å². The second kappa shape index (κ2) is 4.39. The third kappa shape index (κ3) is 1.65. The van der Waals surface area contributed by atoms with Gasteiger partial charge in [-0.15, -0.1) is 0 Å². The van der Waals surface area contributed by atoms with Crippen LogP contribution in [0.2, 0.25) is 0 Å². The summed E-state index contributed by atoms with van der Waals surface area (Å²) in [6.45, 7) is 0. The summed E-state index contributed by atoms with van der Waals surface area (Å²) >= 11 is 3.45. The minimum Gasteiger partial charge on any atom is -0.465 e. The molecule has 0 amide bonds. The van der Waals surface area contributed by atoms with E-state index in [0.717, 1.165) is 11.3 Å². The highest BCUT2D eigenvalue weighted by atomic mass is 79.9. The van der Waals surface area contributed by atoms with Crippen molar-refractivity contribution in [2.45, 2.75) is 25.2 Å². The average molecular weight is 309 g/mol. The number of hydrogen-bond acceptors (Lipinski definition) is 3. The Bertz CT molecular complexity index is 617. The third-order valence-electron chi connectivity index (χ3n) is 3.52. The van der Waals surface area contributed by atoms with Crippen molar-refractivity contribution >= 4 is 27.4 Å². The lowest BCUT2D eigenvalue weighted by molar-refractivity contribution is 0.0602. The van der Waals surface area contributed by atoms with Crippen molar-refractivity contribution in [1.82, 2.24) is 9.38 Å². The largest absolute Gasteiger partial charge is 0.465 e. The van der Waals surface area contributed by atoms with Gasteiger partial charge in [-0.25, -0.2) is 9.78 Å². The molecule has 1 saturated carbocycles. The number of pyridine rings is 1. The lowest BCUT2D eigenvalue weighted by Crippen LogP contribution is -2.13. The number of fused-ring (bicyclic) bond motifs is 1. The van der Waals surface area contributed by atoms with Crippen LogP contribution >= 0.6 is 15.9 Å². The Kier molecular flexibility index (Phi) is 2.86. The van der Waals surface area contributed by atoms with Crippen molar-refractivity contribution in [3.05, 3.63) is 34.3 Å². The number of esters is 1. The molecule has 1 aliphatic carbocycles. The highest BCUT2D eigenvalue weighted by Crippen LogP contribution is 2.37. The first-order valence-corrected chi connectivity index (χ1v) is 6.76. The topological polar surface area (TPSA) is 43.6 Å². The monoisotopic (exact) mass is 308 g/mol. The van der Waals surface area contributed by atoms with Crippen molar-refractivity contribution < 1.29 is 9.53 Å². The van der Waals surface area contributed by atoms with E-state index in [1.165, 1.54) is 26.4 Å². The van der Waals surface area contributed by atoms with E-state index in [9.17, 15) is 4.79 Å². The van der Waals surface area contributed by atoms with Crippen LogP contribution in [0.5, 0.6) is 0 Å². The van der Waals surface area contributed by atoms with Gasteiger partial charge in [-0.1, -0.05) is 6.42 Å². The standard InChI is InChI=1S/C13H13BrN2O2/c1-18-13(17)9-6-3-7-16-10(9)11(14)15-12(16)8-4-2-5-8/h3,6-8H,2,4-5H2,1H3. The van der Waals surface area contributed by atoms with Gasteiger partial charge in [-0.3, -0.25) is 0 Å². The molecule has 0 bridgehead atoms. The Morgan fingerprint density at radius 2 is 2.33 bits per heavy atom. The zero-order valence-corrected chi connectivity index (χ0v) is 11.6. The molecule has 0 unspecified atom stereocenters. The first-order chi connectivity index (χ1) is 8.72. The molecule has 0 radical (unpaired) electrons. The summed E-state index contributed by atoms with van der Waals surface area (Å²) in [5, 5.41) is 0. The molecule has 5 heteroatoms. The van der Waals surface area contributed by atoms with Crippen LogP contribution in [-0.2, 0) is 4.74 Å². The van der Waals surface area contributed by atoms with Gasteiger partial charge in [0, 0.05) is 12.1 Å². The summed E-state index contributed by atoms with van der Waals surface area (Å²) in [7, 11) is 1.39. The van der Waals surface area contributed by atoms with Gasteiger partial charge in [-0.2, -0.15) is 0 Å². The molecule has 3 rings (SSSR count). The second-order valence-electron chi connectivity index (χ2n) is 4.52. The van der Waals surface area contributed by atoms with Crippen LogP contribution in [0, 0.1) is 0 Å². The number of imidazole rings is 1. The van der Waals surface area contributed by atoms with Crippen LogP contribution in [-0.4, -0.2) is 22.5 Å². The van der Waals surface area contributed by atoms with Crippen LogP contribution in [0.25, 0.3) is 5.52 Å². The molecular weight excluding hydrogens is 296 g/mol. The Labute approximate surface area is 113 Å². The van der Waals surface area contributed by atoms with Crippen molar-refractivity contribution in [1.29, 1.82) is 0 Å². The summed E-state index contributed by atoms with van der Waals surface area (Å²) in [6, 6.07) is 3.62. The quantitative estimate of drug-likeness (QED) is 0.800. The molecule has 0 aromatic carbocycles. The highest BCUT2D eigenvalue weighted by Gasteiger charge is 2.26. The summed E-state index contributed by atoms with van der Waals surface area (Å²) in [5.74, 6) is 1.21. The lowest BCUT2D eigenvalue weighted by atomic mass is 9.85. The average Bonchev–Trinajstić information content (AvgIpc) is 2.64. The van der Waals surface area contributed by atoms with Gasteiger partial charge in [-0.05, 0) is 40.9 Å². The fourth-order valence-electron chi connectivity index (χ4n) is 2.35. The normalized spacial score (nSPS) is 15.7. The van der Waals surface area contributed by atoms with Gasteiger partial charge in [0.05, 0.1) is 18.2 Å². The first kappa shape index (κ1) is 11.7. The number of carbonyl (C=O) groups is 1. The Morgan fingerprint density at radius 1 is 1.56 bits per heavy atom. The SMILES string of the molecule is COC(=O)c1cccn2c(C3CCC3)nc(Br)c12. The molecule has 2 aromatic rings. The van der Waals surface area contributed by atoms with Crippen LogP contribution in [0.4, 0.5) is 0 Å². The first-order valence-electron chi connectivity index (χ1n) is 5.97. The summed E-state index contributed by atoms with van der Waals surface area (Å²) in [6.07, 6.45) is 5.56. The molecule has 0 saturated heterocycles. The van der Waals surface area contributed by atoms with Crippen LogP contribution in [0.1, 0.15) is 41.4 Å². The maximum Gasteiger partial charge on any atom is 0.340 e. The van der Waals surface area contributed by atoms with Crippen molar-refractivity contribution in [3.63, 3.8) is 0 Å². The number of hydrogen-bond donors (Lipinski definition) is 0. The van der Waals surface area contributed by atoms with Crippen molar-refractivity contribution in [2.24, 2.45) is 0 Å². The van der Waals surface area contributed by atoms with E-state index in [4.69, 9.17) is 4.74 Å². The third-order valence-corrected chi connectivity index (χ3v) is 4.08. The minimum atomic E-state index is -0.332. The zero-order valence-electron chi connectivity index (χ0n) is 10.0. The van der Waals surface area contributed by atoms with Crippen LogP contribution in [0.15, 0.2) is 22.9 Å². The molecule has 2 heterocycles. The van der Waals surface area contributed by atoms with Crippen molar-refractivity contribution in [3.8, 4) is 0 Å². The molecule has 18 heavy (non-hydrogen) atoms. The number of rotatable bonds is 2. The van der Waals surface area contributed by atoms with Crippen LogP contribution < -0.4 is 0 Å². The summed E-state index contributed by atoms with van der Waals surface area (Å²) in [4.78, 5) is 16.3. The second-order valence-corrected chi connectivity index (χ2v) is 5.27. The van der Waals surface area contributed by atoms with Gasteiger partial charge >= 0.3 is 5.97 Å². The van der Waals surface area contributed by atoms with E-state index < -0.39 is 0 Å². The smallest absolute Gasteiger partial charge is 0.340 e. The molecule has 0 aliphatic heterocycles. The Balaban J connectivity index is 2.22. The molecule has 2 aromatic heterocycles. The molecule has 1 aliphatic rings. The molecule has 0 N–H and O–H groups in total. The van der Waals surface area contributed by atoms with E-state index in [1.807, 2.05) is 16.7 Å². The molecule has 0 atom stereocenters. The fraction of sp³-hybridized carbons (Fsp3) is 0.385. The van der Waals surface area contributed by atoms with E-state index in [-0.39, 0.29) is 5.97 Å². The minimum absolute atomic E-state index is 0.332. The van der Waals surface area contributed by atoms with Crippen molar-refractivity contribution in [2.75, 3.05) is 7.11 Å². The highest BCUT2D eigenvalue weighted by molar-refractivity contribution is 9.10. The molecule has 1 fully saturated rings. The summed E-state index contributed by atoms with van der Waals surface area (Å²) < 4.78 is 7.52. The molecule has 94 valence electrons. The van der Waals surface area contributed by atoms with E-state index in [1.54, 1.807) is 6.07 Å². The number of halogens is 1. The van der Waals surface area contributed by atoms with Gasteiger partial charge in [0.1, 0.15) is 10.4 Å². The van der Waals surface area contributed by atoms with Gasteiger partial charge < -0.3 is 9.14 Å². The summed E-state index contributed by atoms with van der Waals surface area (Å²) in [5.41, 5.74) is 1.34. The van der Waals surface area contributed by atoms with Gasteiger partial charge in [0.25, 0.3) is 0 Å². The Morgan fingerprint density at radius 3 is 2.94 bits per heavy atom. The van der Waals surface area contributed by atoms with E-state index >= 15 is 0 Å². The van der Waals surface area contributed by atoms with Gasteiger partial charge in [0.2, 0.25) is 0 Å². The van der Waals surface area contributed by atoms with E-state index in [2.05, 4.69) is 20.9 Å². The molecular formula is C13H13BrN2O2. The zero-order chi connectivity index (χ0) is 12.7. The number of ether oxygens (including phenoxy) is 1. The maximum absolute atomic E-state index is 11.8. The van der Waals surface area contributed by atoms with Gasteiger partial charge in [0.15, 0.2) is 0 Å². The predicted molar refractivity (Wildman–Crippen MR) is 70.8 cm³/mol. The molecule has 0 spiro atoms. The Hall–Kier alpha value is -1.36. The maximum atomic E-state index is 11.8. The fourth-order valence-corrected chi connectivity index (χ4v) is 2.93.